The molecule has 0 aliphatic heterocycles. The second-order valence-corrected chi connectivity index (χ2v) is 3.70. The number of aryl methyl sites for hydroxylation is 1. The summed E-state index contributed by atoms with van der Waals surface area (Å²) in [5.74, 6) is 1.40. The first-order chi connectivity index (χ1) is 6.31. The molecule has 2 aromatic heterocycles. The van der Waals surface area contributed by atoms with E-state index in [1.807, 2.05) is 23.1 Å². The Hall–Kier alpha value is -0.870. The van der Waals surface area contributed by atoms with Gasteiger partial charge in [0, 0.05) is 17.8 Å². The zero-order chi connectivity index (χ0) is 9.26. The first-order valence-electron chi connectivity index (χ1n) is 3.82. The Morgan fingerprint density at radius 1 is 1.62 bits per heavy atom. The van der Waals surface area contributed by atoms with Crippen molar-refractivity contribution in [2.75, 3.05) is 0 Å². The van der Waals surface area contributed by atoms with Crippen molar-refractivity contribution in [3.63, 3.8) is 0 Å². The Morgan fingerprint density at radius 2 is 2.46 bits per heavy atom. The molecule has 0 spiro atoms. The number of hydrogen-bond acceptors (Lipinski definition) is 3. The van der Waals surface area contributed by atoms with E-state index in [2.05, 4.69) is 9.97 Å². The van der Waals surface area contributed by atoms with Crippen molar-refractivity contribution in [1.82, 2.24) is 14.5 Å². The van der Waals surface area contributed by atoms with E-state index in [0.717, 1.165) is 16.6 Å². The van der Waals surface area contributed by atoms with Gasteiger partial charge >= 0.3 is 0 Å². The quantitative estimate of drug-likeness (QED) is 0.718. The van der Waals surface area contributed by atoms with Crippen LogP contribution in [0.15, 0.2) is 17.8 Å². The number of imidazole rings is 1. The van der Waals surface area contributed by atoms with Gasteiger partial charge in [-0.05, 0) is 6.92 Å². The van der Waals surface area contributed by atoms with E-state index in [4.69, 9.17) is 11.6 Å². The minimum Gasteiger partial charge on any atom is -0.279 e. The lowest BCUT2D eigenvalue weighted by atomic mass is 10.6. The van der Waals surface area contributed by atoms with Crippen LogP contribution in [0, 0.1) is 6.92 Å². The third-order valence-electron chi connectivity index (χ3n) is 1.71. The lowest BCUT2D eigenvalue weighted by Gasteiger charge is -1.97. The maximum absolute atomic E-state index is 5.66. The number of aromatic nitrogens is 3. The number of rotatable bonds is 2. The molecule has 68 valence electrons. The van der Waals surface area contributed by atoms with Crippen molar-refractivity contribution in [3.05, 3.63) is 29.3 Å². The Balaban J connectivity index is 2.41. The summed E-state index contributed by atoms with van der Waals surface area (Å²) in [5, 5.41) is 2.88. The SMILES string of the molecule is Cc1nccn1-c1nc(CCl)cs1. The Bertz CT molecular complexity index is 407. The second-order valence-electron chi connectivity index (χ2n) is 2.60. The van der Waals surface area contributed by atoms with Crippen LogP contribution in [0.3, 0.4) is 0 Å². The van der Waals surface area contributed by atoms with Gasteiger partial charge in [-0.25, -0.2) is 9.97 Å². The van der Waals surface area contributed by atoms with Gasteiger partial charge in [0.2, 0.25) is 0 Å². The van der Waals surface area contributed by atoms with E-state index in [0.29, 0.717) is 5.88 Å². The summed E-state index contributed by atoms with van der Waals surface area (Å²) in [6.07, 6.45) is 3.66. The summed E-state index contributed by atoms with van der Waals surface area (Å²) in [6.45, 7) is 1.95. The van der Waals surface area contributed by atoms with E-state index < -0.39 is 0 Å². The van der Waals surface area contributed by atoms with Gasteiger partial charge in [-0.3, -0.25) is 4.57 Å². The molecule has 0 saturated heterocycles. The van der Waals surface area contributed by atoms with Crippen LogP contribution in [-0.2, 0) is 5.88 Å². The van der Waals surface area contributed by atoms with Gasteiger partial charge < -0.3 is 0 Å². The molecule has 0 atom stereocenters. The van der Waals surface area contributed by atoms with Gasteiger partial charge in [-0.15, -0.1) is 22.9 Å². The maximum Gasteiger partial charge on any atom is 0.195 e. The predicted octanol–water partition coefficient (Wildman–Crippen LogP) is 2.38. The largest absolute Gasteiger partial charge is 0.279 e. The molecule has 0 aromatic carbocycles. The predicted molar refractivity (Wildman–Crippen MR) is 53.5 cm³/mol. The zero-order valence-electron chi connectivity index (χ0n) is 7.07. The third-order valence-corrected chi connectivity index (χ3v) is 2.87. The highest BCUT2D eigenvalue weighted by atomic mass is 35.5. The van der Waals surface area contributed by atoms with Crippen molar-refractivity contribution in [2.24, 2.45) is 0 Å². The normalized spacial score (nSPS) is 10.6. The van der Waals surface area contributed by atoms with Crippen LogP contribution < -0.4 is 0 Å². The van der Waals surface area contributed by atoms with Crippen molar-refractivity contribution in [3.8, 4) is 5.13 Å². The average Bonchev–Trinajstić information content (AvgIpc) is 2.71. The summed E-state index contributed by atoms with van der Waals surface area (Å²) in [6, 6.07) is 0. The summed E-state index contributed by atoms with van der Waals surface area (Å²) in [5.41, 5.74) is 0.912. The van der Waals surface area contributed by atoms with E-state index in [1.54, 1.807) is 17.5 Å². The van der Waals surface area contributed by atoms with E-state index in [1.165, 1.54) is 0 Å². The molecule has 0 bridgehead atoms. The maximum atomic E-state index is 5.66. The highest BCUT2D eigenvalue weighted by molar-refractivity contribution is 7.12. The molecule has 2 heterocycles. The molecule has 0 aliphatic carbocycles. The number of halogens is 1. The van der Waals surface area contributed by atoms with Crippen LogP contribution >= 0.6 is 22.9 Å². The second kappa shape index (κ2) is 3.47. The highest BCUT2D eigenvalue weighted by Gasteiger charge is 2.04. The molecule has 0 unspecified atom stereocenters. The van der Waals surface area contributed by atoms with E-state index >= 15 is 0 Å². The molecule has 0 radical (unpaired) electrons. The molecule has 0 fully saturated rings. The van der Waals surface area contributed by atoms with E-state index in [9.17, 15) is 0 Å². The first kappa shape index (κ1) is 8.72. The molecule has 13 heavy (non-hydrogen) atoms. The Morgan fingerprint density at radius 3 is 3.00 bits per heavy atom. The van der Waals surface area contributed by atoms with Crippen LogP contribution in [-0.4, -0.2) is 14.5 Å². The fourth-order valence-electron chi connectivity index (χ4n) is 1.05. The van der Waals surface area contributed by atoms with Crippen molar-refractivity contribution >= 4 is 22.9 Å². The number of nitrogens with zero attached hydrogens (tertiary/aromatic N) is 3. The third kappa shape index (κ3) is 1.59. The summed E-state index contributed by atoms with van der Waals surface area (Å²) < 4.78 is 1.95. The number of hydrogen-bond donors (Lipinski definition) is 0. The molecule has 0 aliphatic rings. The average molecular weight is 214 g/mol. The monoisotopic (exact) mass is 213 g/mol. The van der Waals surface area contributed by atoms with Crippen LogP contribution in [0.25, 0.3) is 5.13 Å². The lowest BCUT2D eigenvalue weighted by Crippen LogP contribution is -1.94. The molecule has 5 heteroatoms. The van der Waals surface area contributed by atoms with Crippen LogP contribution in [0.4, 0.5) is 0 Å². The highest BCUT2D eigenvalue weighted by Crippen LogP contribution is 2.17. The summed E-state index contributed by atoms with van der Waals surface area (Å²) >= 11 is 7.23. The van der Waals surface area contributed by atoms with Gasteiger partial charge in [0.1, 0.15) is 5.82 Å². The standard InChI is InChI=1S/C8H8ClN3S/c1-6-10-2-3-12(6)8-11-7(4-9)5-13-8/h2-3,5H,4H2,1H3. The lowest BCUT2D eigenvalue weighted by molar-refractivity contribution is 0.951. The van der Waals surface area contributed by atoms with E-state index in [-0.39, 0.29) is 0 Å². The molecular formula is C8H8ClN3S. The minimum absolute atomic E-state index is 0.463. The minimum atomic E-state index is 0.463. The fraction of sp³-hybridized carbons (Fsp3) is 0.250. The van der Waals surface area contributed by atoms with Gasteiger partial charge in [0.25, 0.3) is 0 Å². The zero-order valence-corrected chi connectivity index (χ0v) is 8.64. The fourth-order valence-corrected chi connectivity index (χ4v) is 2.13. The van der Waals surface area contributed by atoms with Crippen molar-refractivity contribution in [2.45, 2.75) is 12.8 Å². The molecule has 0 N–H and O–H groups in total. The topological polar surface area (TPSA) is 30.7 Å². The molecular weight excluding hydrogens is 206 g/mol. The number of thiazole rings is 1. The van der Waals surface area contributed by atoms with Crippen LogP contribution in [0.1, 0.15) is 11.5 Å². The molecule has 3 nitrogen and oxygen atoms in total. The Labute approximate surface area is 85.0 Å². The molecule has 2 rings (SSSR count). The first-order valence-corrected chi connectivity index (χ1v) is 5.23. The van der Waals surface area contributed by atoms with Crippen molar-refractivity contribution in [1.29, 1.82) is 0 Å². The van der Waals surface area contributed by atoms with Gasteiger partial charge in [0.15, 0.2) is 5.13 Å². The summed E-state index contributed by atoms with van der Waals surface area (Å²) in [7, 11) is 0. The van der Waals surface area contributed by atoms with Gasteiger partial charge in [-0.1, -0.05) is 0 Å². The molecule has 2 aromatic rings. The Kier molecular flexibility index (Phi) is 2.33. The number of alkyl halides is 1. The van der Waals surface area contributed by atoms with Crippen LogP contribution in [0.2, 0.25) is 0 Å². The summed E-state index contributed by atoms with van der Waals surface area (Å²) in [4.78, 5) is 8.47. The van der Waals surface area contributed by atoms with Gasteiger partial charge in [0.05, 0.1) is 11.6 Å². The molecule has 0 amide bonds. The van der Waals surface area contributed by atoms with Crippen molar-refractivity contribution < 1.29 is 0 Å². The smallest absolute Gasteiger partial charge is 0.195 e. The van der Waals surface area contributed by atoms with Gasteiger partial charge in [-0.2, -0.15) is 0 Å². The van der Waals surface area contributed by atoms with Crippen LogP contribution in [0.5, 0.6) is 0 Å². The molecule has 0 saturated carbocycles.